The van der Waals surface area contributed by atoms with E-state index in [0.29, 0.717) is 21.0 Å². The largest absolute Gasteiger partial charge is 0.447 e. The Bertz CT molecular complexity index is 4720. The zero-order valence-electron chi connectivity index (χ0n) is 53.0. The first-order chi connectivity index (χ1) is 45.4. The summed E-state index contributed by atoms with van der Waals surface area (Å²) in [6.45, 7) is 10.8. The van der Waals surface area contributed by atoms with Crippen molar-refractivity contribution in [2.75, 3.05) is 11.5 Å². The minimum Gasteiger partial charge on any atom is -0.447 e. The van der Waals surface area contributed by atoms with Crippen molar-refractivity contribution >= 4 is 93.5 Å². The van der Waals surface area contributed by atoms with Crippen LogP contribution in [-0.2, 0) is 33.4 Å². The molecule has 16 rings (SSSR count). The Hall–Kier alpha value is -8.48. The van der Waals surface area contributed by atoms with Crippen LogP contribution in [0.1, 0.15) is 65.0 Å². The lowest BCUT2D eigenvalue weighted by Gasteiger charge is -2.19. The van der Waals surface area contributed by atoms with Crippen LogP contribution in [-0.4, -0.2) is 11.5 Å². The zero-order valence-corrected chi connectivity index (χ0v) is 57.1. The molecule has 0 saturated carbocycles. The molecule has 0 N–H and O–H groups in total. The Morgan fingerprint density at radius 1 is 0.366 bits per heavy atom. The van der Waals surface area contributed by atoms with Gasteiger partial charge in [0.1, 0.15) is 33.2 Å². The van der Waals surface area contributed by atoms with Crippen molar-refractivity contribution in [2.24, 2.45) is 0 Å². The molecule has 2 aliphatic heterocycles. The number of benzene rings is 11. The van der Waals surface area contributed by atoms with E-state index in [9.17, 15) is 18.0 Å². The van der Waals surface area contributed by atoms with E-state index in [4.69, 9.17) is 4.74 Å². The molecule has 2 aliphatic rings. The summed E-state index contributed by atoms with van der Waals surface area (Å²) < 4.78 is 49.7. The molecule has 0 aliphatic carbocycles. The summed E-state index contributed by atoms with van der Waals surface area (Å²) in [5, 5.41) is 7.98. The van der Waals surface area contributed by atoms with Crippen molar-refractivity contribution in [1.82, 2.24) is 0 Å². The smallest absolute Gasteiger partial charge is 0.416 e. The number of fused-ring (bicyclic) bond motifs is 6. The fourth-order valence-corrected chi connectivity index (χ4v) is 21.9. The zero-order chi connectivity index (χ0) is 64.7. The van der Waals surface area contributed by atoms with Gasteiger partial charge in [-0.05, 0) is 170 Å². The standard InChI is InChI=1S/C20H12F3OS.C18H13OS.C18H19S.C14H11S.C11H15S.C2H6/c21-20(22,23)13-10-11-18-16(12-13)19(24)15-8-4-5-9-17(15)25(18)14-6-2-1-3-7-14;1-2-8-14(9-3-1)20-17-12-6-4-10-15(17)19-16-11-5-7-13-18(16)20;1-18(2,3)15-8-10-16(11-9-15)19-13-12-14-6-4-5-7-17(14)19;1-2-7-13(8-3-1)15-11-10-12-6-4-5-9-14(12)15;1-3-7-11(8-4-1)12-9-5-2-6-10-12;1-2/h1-12H;1-13H;4-13H,1-3H3;1-11H;1,3-4,7-8H,2,5-6,9-10H2;1-2H3/q5*+1;. The van der Waals surface area contributed by atoms with Gasteiger partial charge in [0, 0.05) is 65.2 Å². The number of rotatable bonds is 5. The number of halogens is 3. The van der Waals surface area contributed by atoms with E-state index in [2.05, 4.69) is 232 Å². The fraction of sp³-hybridized carbons (Fsp3) is 0.145. The van der Waals surface area contributed by atoms with Crippen molar-refractivity contribution in [2.45, 2.75) is 85.1 Å². The van der Waals surface area contributed by atoms with E-state index in [-0.39, 0.29) is 48.1 Å². The maximum absolute atomic E-state index is 13.1. The lowest BCUT2D eigenvalue weighted by atomic mass is 9.87. The molecule has 11 aromatic carbocycles. The SMILES string of the molecule is CC.CC(C)(C)c1ccc(-[s+]2ccc3ccccc32)cc1.O=c1c2ccccc2[s+](-c2ccccc2)c2ccc(C(F)(F)F)cc12.c1ccc(-[s+]2ccc3ccccc32)cc1.c1ccc([S+]2CCCCC2)cc1.c1ccc([S+]2c3ccccc3Oc3ccccc32)cc1. The molecule has 10 heteroatoms. The van der Waals surface area contributed by atoms with Gasteiger partial charge in [0.2, 0.25) is 15.2 Å². The van der Waals surface area contributed by atoms with E-state index in [1.165, 1.54) is 87.0 Å². The van der Waals surface area contributed by atoms with Gasteiger partial charge in [0.05, 0.1) is 16.3 Å². The molecule has 466 valence electrons. The first-order valence-corrected chi connectivity index (χ1v) is 38.1. The number of para-hydroxylation sites is 2. The van der Waals surface area contributed by atoms with Gasteiger partial charge in [0.25, 0.3) is 0 Å². The summed E-state index contributed by atoms with van der Waals surface area (Å²) in [5.41, 5.74) is 0.480. The van der Waals surface area contributed by atoms with Gasteiger partial charge in [0.15, 0.2) is 54.8 Å². The molecule has 5 heterocycles. The van der Waals surface area contributed by atoms with Crippen LogP contribution in [0.4, 0.5) is 13.2 Å². The second kappa shape index (κ2) is 31.0. The Labute approximate surface area is 559 Å². The van der Waals surface area contributed by atoms with Crippen LogP contribution in [0, 0.1) is 0 Å². The van der Waals surface area contributed by atoms with Gasteiger partial charge in [-0.2, -0.15) is 13.2 Å². The van der Waals surface area contributed by atoms with Gasteiger partial charge in [-0.15, -0.1) is 0 Å². The van der Waals surface area contributed by atoms with Gasteiger partial charge in [-0.3, -0.25) is 4.79 Å². The highest BCUT2D eigenvalue weighted by molar-refractivity contribution is 7.97. The summed E-state index contributed by atoms with van der Waals surface area (Å²) in [6.07, 6.45) is -0.135. The Kier molecular flexibility index (Phi) is 22.0. The summed E-state index contributed by atoms with van der Waals surface area (Å²) in [6, 6.07) is 100. The minimum atomic E-state index is -4.47. The average molecular weight is 1320 g/mol. The first-order valence-electron chi connectivity index (χ1n) is 31.6. The monoisotopic (exact) mass is 1320 g/mol. The third-order valence-corrected chi connectivity index (χ3v) is 27.1. The van der Waals surface area contributed by atoms with Crippen molar-refractivity contribution in [3.05, 3.63) is 329 Å². The van der Waals surface area contributed by atoms with Crippen molar-refractivity contribution < 1.29 is 17.9 Å². The minimum absolute atomic E-state index is 0.0829. The predicted molar refractivity (Wildman–Crippen MR) is 399 cm³/mol. The highest BCUT2D eigenvalue weighted by Crippen LogP contribution is 2.48. The number of hydrogen-bond acceptors (Lipinski definition) is 2. The molecule has 3 aromatic heterocycles. The van der Waals surface area contributed by atoms with Gasteiger partial charge < -0.3 is 4.74 Å². The molecule has 14 aromatic rings. The van der Waals surface area contributed by atoms with Crippen LogP contribution in [0.3, 0.4) is 0 Å². The molecular weight excluding hydrogens is 1250 g/mol. The van der Waals surface area contributed by atoms with Gasteiger partial charge in [-0.1, -0.05) is 180 Å². The van der Waals surface area contributed by atoms with Crippen LogP contribution in [0.15, 0.2) is 332 Å². The second-order valence-electron chi connectivity index (χ2n) is 23.0. The van der Waals surface area contributed by atoms with Crippen LogP contribution in [0.2, 0.25) is 0 Å². The van der Waals surface area contributed by atoms with Crippen LogP contribution in [0.5, 0.6) is 11.5 Å². The molecule has 0 amide bonds. The highest BCUT2D eigenvalue weighted by atomic mass is 32.2. The number of thiophene rings is 2. The van der Waals surface area contributed by atoms with Crippen LogP contribution < -0.4 is 10.2 Å². The van der Waals surface area contributed by atoms with Gasteiger partial charge in [-0.25, -0.2) is 0 Å². The molecule has 0 radical (unpaired) electrons. The number of hydrogen-bond donors (Lipinski definition) is 0. The summed E-state index contributed by atoms with van der Waals surface area (Å²) >= 11 is 0. The lowest BCUT2D eigenvalue weighted by molar-refractivity contribution is -0.137. The summed E-state index contributed by atoms with van der Waals surface area (Å²) in [7, 11) is 0.180. The quantitative estimate of drug-likeness (QED) is 0.127. The Morgan fingerprint density at radius 3 is 1.29 bits per heavy atom. The lowest BCUT2D eigenvalue weighted by Crippen LogP contribution is -2.17. The van der Waals surface area contributed by atoms with E-state index in [1.807, 2.05) is 80.6 Å². The molecule has 3 unspecified atom stereocenters. The summed E-state index contributed by atoms with van der Waals surface area (Å²) in [5.74, 6) is 4.81. The fourth-order valence-electron chi connectivity index (χ4n) is 11.2. The third-order valence-electron chi connectivity index (χ3n) is 15.8. The van der Waals surface area contributed by atoms with Crippen LogP contribution in [0.25, 0.3) is 55.0 Å². The molecule has 0 bridgehead atoms. The molecule has 1 saturated heterocycles. The Balaban J connectivity index is 0.000000120. The van der Waals surface area contributed by atoms with Gasteiger partial charge >= 0.3 is 6.18 Å². The van der Waals surface area contributed by atoms with Crippen LogP contribution >= 0.6 is 31.4 Å². The average Bonchev–Trinajstić information content (AvgIpc) is 1.79. The van der Waals surface area contributed by atoms with E-state index < -0.39 is 22.2 Å². The van der Waals surface area contributed by atoms with E-state index >= 15 is 0 Å². The normalized spacial score (nSPS) is 13.4. The highest BCUT2D eigenvalue weighted by Gasteiger charge is 2.39. The number of alkyl halides is 3. The second-order valence-corrected chi connectivity index (χ2v) is 32.9. The van der Waals surface area contributed by atoms with E-state index in [1.54, 1.807) is 17.0 Å². The summed E-state index contributed by atoms with van der Waals surface area (Å²) in [4.78, 5) is 22.0. The molecule has 93 heavy (non-hydrogen) atoms. The molecule has 3 atom stereocenters. The maximum atomic E-state index is 13.1. The molecule has 0 spiro atoms. The molecule has 1 fully saturated rings. The number of ether oxygens (including phenoxy) is 1. The topological polar surface area (TPSA) is 26.3 Å². The van der Waals surface area contributed by atoms with Crippen molar-refractivity contribution in [3.8, 4) is 26.2 Å². The Morgan fingerprint density at radius 2 is 0.774 bits per heavy atom. The molecular formula is C83H76F3O2S5+5. The maximum Gasteiger partial charge on any atom is 0.416 e. The van der Waals surface area contributed by atoms with Crippen molar-refractivity contribution in [3.63, 3.8) is 0 Å². The van der Waals surface area contributed by atoms with E-state index in [0.717, 1.165) is 33.2 Å². The van der Waals surface area contributed by atoms with Crippen molar-refractivity contribution in [1.29, 1.82) is 0 Å². The molecule has 2 nitrogen and oxygen atoms in total. The predicted octanol–water partition coefficient (Wildman–Crippen LogP) is 25.3. The first kappa shape index (κ1) is 66.0. The third kappa shape index (κ3) is 15.8.